The van der Waals surface area contributed by atoms with E-state index in [9.17, 15) is 23.1 Å². The van der Waals surface area contributed by atoms with Gasteiger partial charge in [-0.1, -0.05) is 48.0 Å². The molecular weight excluding hydrogens is 436 g/mol. The normalized spacial score (nSPS) is 18.3. The van der Waals surface area contributed by atoms with Crippen molar-refractivity contribution < 1.29 is 32.0 Å². The first-order chi connectivity index (χ1) is 15.3. The van der Waals surface area contributed by atoms with Gasteiger partial charge in [0.05, 0.1) is 23.6 Å². The fraction of sp³-hybridized carbons (Fsp3) is 0.364. The van der Waals surface area contributed by atoms with Crippen LogP contribution in [0.2, 0.25) is 0 Å². The molecule has 1 fully saturated rings. The van der Waals surface area contributed by atoms with E-state index in [4.69, 9.17) is 8.92 Å². The Bertz CT molecular complexity index is 1030. The number of amides is 2. The molecule has 2 atom stereocenters. The topological polar surface area (TPSA) is 122 Å². The molecule has 32 heavy (non-hydrogen) atoms. The Kier molecular flexibility index (Phi) is 7.70. The molecule has 2 aromatic carbocycles. The van der Waals surface area contributed by atoms with Crippen molar-refractivity contribution in [2.75, 3.05) is 13.2 Å². The summed E-state index contributed by atoms with van der Waals surface area (Å²) in [4.78, 5) is 25.0. The van der Waals surface area contributed by atoms with Gasteiger partial charge in [-0.2, -0.15) is 8.42 Å². The number of alkyl carbamates (subject to hydrolysis) is 1. The van der Waals surface area contributed by atoms with Crippen molar-refractivity contribution >= 4 is 22.3 Å². The highest BCUT2D eigenvalue weighted by atomic mass is 32.2. The number of carbonyl (C=O) groups excluding carboxylic acids is 1. The van der Waals surface area contributed by atoms with Crippen molar-refractivity contribution in [3.63, 3.8) is 0 Å². The van der Waals surface area contributed by atoms with E-state index in [2.05, 4.69) is 5.32 Å². The lowest BCUT2D eigenvalue weighted by molar-refractivity contribution is 0.118. The molecule has 1 heterocycles. The number of rotatable bonds is 8. The highest BCUT2D eigenvalue weighted by Gasteiger charge is 2.38. The van der Waals surface area contributed by atoms with Crippen molar-refractivity contribution in [1.29, 1.82) is 0 Å². The summed E-state index contributed by atoms with van der Waals surface area (Å²) in [5.74, 6) is 0. The summed E-state index contributed by atoms with van der Waals surface area (Å²) in [6, 6.07) is 14.3. The Hall–Kier alpha value is -3.11. The Morgan fingerprint density at radius 1 is 1.12 bits per heavy atom. The van der Waals surface area contributed by atoms with Crippen LogP contribution in [0.3, 0.4) is 0 Å². The minimum absolute atomic E-state index is 0.0313. The highest BCUT2D eigenvalue weighted by Crippen LogP contribution is 2.23. The van der Waals surface area contributed by atoms with Gasteiger partial charge in [0.2, 0.25) is 0 Å². The van der Waals surface area contributed by atoms with E-state index in [1.807, 2.05) is 37.3 Å². The lowest BCUT2D eigenvalue weighted by Gasteiger charge is -2.26. The van der Waals surface area contributed by atoms with Gasteiger partial charge >= 0.3 is 12.2 Å². The zero-order valence-corrected chi connectivity index (χ0v) is 18.5. The molecule has 1 aliphatic rings. The van der Waals surface area contributed by atoms with E-state index in [1.165, 1.54) is 17.0 Å². The molecule has 0 saturated carbocycles. The maximum absolute atomic E-state index is 12.4. The molecule has 0 aliphatic carbocycles. The number of nitrogens with zero attached hydrogens (tertiary/aromatic N) is 1. The van der Waals surface area contributed by atoms with Crippen LogP contribution in [-0.2, 0) is 25.6 Å². The number of benzene rings is 2. The first-order valence-corrected chi connectivity index (χ1v) is 11.6. The predicted molar refractivity (Wildman–Crippen MR) is 116 cm³/mol. The van der Waals surface area contributed by atoms with Crippen LogP contribution in [0.5, 0.6) is 0 Å². The molecule has 0 bridgehead atoms. The summed E-state index contributed by atoms with van der Waals surface area (Å²) in [5.41, 5.74) is 1.74. The van der Waals surface area contributed by atoms with Gasteiger partial charge in [-0.3, -0.25) is 4.18 Å². The maximum atomic E-state index is 12.4. The molecule has 1 saturated heterocycles. The third kappa shape index (κ3) is 6.21. The van der Waals surface area contributed by atoms with Crippen molar-refractivity contribution in [1.82, 2.24) is 10.2 Å². The van der Waals surface area contributed by atoms with Gasteiger partial charge < -0.3 is 20.1 Å². The number of hydrogen-bond donors (Lipinski definition) is 2. The second-order valence-corrected chi connectivity index (χ2v) is 9.14. The second-order valence-electron chi connectivity index (χ2n) is 7.52. The molecule has 2 aromatic rings. The number of likely N-dealkylation sites (tertiary alicyclic amines) is 1. The first kappa shape index (κ1) is 23.6. The van der Waals surface area contributed by atoms with Crippen molar-refractivity contribution in [2.24, 2.45) is 0 Å². The van der Waals surface area contributed by atoms with Crippen LogP contribution in [0, 0.1) is 6.92 Å². The summed E-state index contributed by atoms with van der Waals surface area (Å²) in [6.07, 6.45) is -1.31. The van der Waals surface area contributed by atoms with E-state index in [0.29, 0.717) is 6.42 Å². The lowest BCUT2D eigenvalue weighted by atomic mass is 10.1. The standard InChI is InChI=1S/C22H26N2O7S/c1-16-7-9-18(10-8-16)32(28,29)31-14-12-20-19(11-13-24(20)22(26)27)23-21(25)30-15-17-5-3-2-4-6-17/h2-10,19-20H,11-15H2,1H3,(H,23,25)(H,26,27)/t19-,20+/m0/s1. The number of ether oxygens (including phenoxy) is 1. The zero-order chi connectivity index (χ0) is 23.1. The van der Waals surface area contributed by atoms with Crippen molar-refractivity contribution in [3.8, 4) is 0 Å². The summed E-state index contributed by atoms with van der Waals surface area (Å²) in [6.45, 7) is 1.93. The van der Waals surface area contributed by atoms with Crippen molar-refractivity contribution in [2.45, 2.75) is 43.4 Å². The van der Waals surface area contributed by atoms with Gasteiger partial charge in [0.25, 0.3) is 10.1 Å². The molecular formula is C22H26N2O7S. The fourth-order valence-electron chi connectivity index (χ4n) is 3.58. The number of nitrogens with one attached hydrogen (secondary N) is 1. The Labute approximate surface area is 187 Å². The molecule has 172 valence electrons. The monoisotopic (exact) mass is 462 g/mol. The quantitative estimate of drug-likeness (QED) is 0.578. The summed E-state index contributed by atoms with van der Waals surface area (Å²) < 4.78 is 35.1. The van der Waals surface area contributed by atoms with E-state index >= 15 is 0 Å². The average molecular weight is 463 g/mol. The molecule has 0 aromatic heterocycles. The third-order valence-corrected chi connectivity index (χ3v) is 6.60. The predicted octanol–water partition coefficient (Wildman–Crippen LogP) is 3.14. The van der Waals surface area contributed by atoms with Crippen LogP contribution in [0.4, 0.5) is 9.59 Å². The molecule has 3 rings (SSSR count). The van der Waals surface area contributed by atoms with E-state index in [0.717, 1.165) is 11.1 Å². The summed E-state index contributed by atoms with van der Waals surface area (Å²) >= 11 is 0. The van der Waals surface area contributed by atoms with Gasteiger partial charge in [-0.15, -0.1) is 0 Å². The largest absolute Gasteiger partial charge is 0.465 e. The van der Waals surface area contributed by atoms with Gasteiger partial charge in [-0.05, 0) is 37.5 Å². The average Bonchev–Trinajstić information content (AvgIpc) is 3.16. The minimum atomic E-state index is -3.96. The Balaban J connectivity index is 1.56. The molecule has 1 aliphatic heterocycles. The molecule has 9 nitrogen and oxygen atoms in total. The Morgan fingerprint density at radius 3 is 2.47 bits per heavy atom. The van der Waals surface area contributed by atoms with Gasteiger partial charge in [0, 0.05) is 6.54 Å². The molecule has 0 radical (unpaired) electrons. The molecule has 0 spiro atoms. The number of carboxylic acid groups (broad SMARTS) is 1. The lowest BCUT2D eigenvalue weighted by Crippen LogP contribution is -2.47. The SMILES string of the molecule is Cc1ccc(S(=O)(=O)OCC[C@@H]2[C@@H](NC(=O)OCc3ccccc3)CCN2C(=O)O)cc1. The Morgan fingerprint density at radius 2 is 1.81 bits per heavy atom. The molecule has 2 N–H and O–H groups in total. The van der Waals surface area contributed by atoms with Crippen LogP contribution in [0.15, 0.2) is 59.5 Å². The van der Waals surface area contributed by atoms with Crippen LogP contribution < -0.4 is 5.32 Å². The van der Waals surface area contributed by atoms with Crippen LogP contribution in [0.25, 0.3) is 0 Å². The van der Waals surface area contributed by atoms with Crippen molar-refractivity contribution in [3.05, 3.63) is 65.7 Å². The summed E-state index contributed by atoms with van der Waals surface area (Å²) in [5, 5.41) is 12.2. The van der Waals surface area contributed by atoms with E-state index in [1.54, 1.807) is 12.1 Å². The number of aryl methyl sites for hydroxylation is 1. The third-order valence-electron chi connectivity index (χ3n) is 5.27. The highest BCUT2D eigenvalue weighted by molar-refractivity contribution is 7.86. The van der Waals surface area contributed by atoms with Gasteiger partial charge in [-0.25, -0.2) is 9.59 Å². The molecule has 2 amide bonds. The summed E-state index contributed by atoms with van der Waals surface area (Å²) in [7, 11) is -3.96. The van der Waals surface area contributed by atoms with Crippen LogP contribution >= 0.6 is 0 Å². The van der Waals surface area contributed by atoms with Gasteiger partial charge in [0.15, 0.2) is 0 Å². The van der Waals surface area contributed by atoms with Crippen LogP contribution in [-0.4, -0.2) is 55.8 Å². The zero-order valence-electron chi connectivity index (χ0n) is 17.6. The first-order valence-electron chi connectivity index (χ1n) is 10.2. The van der Waals surface area contributed by atoms with E-state index in [-0.39, 0.29) is 31.1 Å². The number of hydrogen-bond acceptors (Lipinski definition) is 6. The minimum Gasteiger partial charge on any atom is -0.465 e. The van der Waals surface area contributed by atoms with Crippen LogP contribution in [0.1, 0.15) is 24.0 Å². The molecule has 0 unspecified atom stereocenters. The van der Waals surface area contributed by atoms with Gasteiger partial charge in [0.1, 0.15) is 6.61 Å². The smallest absolute Gasteiger partial charge is 0.407 e. The van der Waals surface area contributed by atoms with E-state index < -0.39 is 34.4 Å². The maximum Gasteiger partial charge on any atom is 0.407 e. The fourth-order valence-corrected chi connectivity index (χ4v) is 4.51. The number of carbonyl (C=O) groups is 2. The second kappa shape index (κ2) is 10.5. The molecule has 10 heteroatoms.